The first-order valence-electron chi connectivity index (χ1n) is 9.22. The molecule has 2 amide bonds. The summed E-state index contributed by atoms with van der Waals surface area (Å²) in [4.78, 5) is 25.8. The second-order valence-corrected chi connectivity index (χ2v) is 8.22. The summed E-state index contributed by atoms with van der Waals surface area (Å²) < 4.78 is 10.4. The third kappa shape index (κ3) is 4.28. The lowest BCUT2D eigenvalue weighted by molar-refractivity contribution is -0.115. The van der Waals surface area contributed by atoms with Crippen molar-refractivity contribution < 1.29 is 19.4 Å². The molecular weight excluding hydrogens is 442 g/mol. The standard InChI is InChI=1S/C18H17N7O4S2/c19-25-24-17(28)15-11-3-1-9-7-22-31-14(9)13(11)18(30-15)29-10-2-4-12(20-8-10)16(27)23-21-5-6-26/h2,4,7,20,26H,1,3,5-6,8H2,(H2,19,24,28). The van der Waals surface area contributed by atoms with Gasteiger partial charge in [-0.25, -0.2) is 4.37 Å². The molecule has 0 bridgehead atoms. The fourth-order valence-corrected chi connectivity index (χ4v) is 5.23. The molecule has 0 saturated carbocycles. The molecule has 0 atom stereocenters. The number of aromatic nitrogens is 1. The number of aliphatic hydroxyl groups excluding tert-OH is 1. The summed E-state index contributed by atoms with van der Waals surface area (Å²) in [6.07, 6.45) is 6.48. The number of ether oxygens (including phenoxy) is 1. The zero-order valence-electron chi connectivity index (χ0n) is 16.1. The minimum atomic E-state index is -0.536. The minimum absolute atomic E-state index is 0.0665. The molecule has 3 heterocycles. The van der Waals surface area contributed by atoms with Gasteiger partial charge in [0, 0.05) is 6.20 Å². The summed E-state index contributed by atoms with van der Waals surface area (Å²) in [5, 5.41) is 25.9. The van der Waals surface area contributed by atoms with Crippen LogP contribution in [0.5, 0.6) is 5.06 Å². The molecule has 0 saturated heterocycles. The van der Waals surface area contributed by atoms with Crippen LogP contribution in [0.4, 0.5) is 0 Å². The number of aliphatic hydroxyl groups is 1. The summed E-state index contributed by atoms with van der Waals surface area (Å²) >= 11 is 2.54. The zero-order valence-corrected chi connectivity index (χ0v) is 17.7. The van der Waals surface area contributed by atoms with Gasteiger partial charge in [0.2, 0.25) is 0 Å². The SMILES string of the molecule is NN=NC(=O)c1sc(OC2=CC=C(C(=O)N=NCCO)NC2)c2c1CCc1cnsc1-2. The quantitative estimate of drug-likeness (QED) is 0.338. The van der Waals surface area contributed by atoms with Gasteiger partial charge in [-0.15, -0.1) is 5.11 Å². The zero-order chi connectivity index (χ0) is 21.8. The van der Waals surface area contributed by atoms with Crippen LogP contribution >= 0.6 is 22.9 Å². The highest BCUT2D eigenvalue weighted by atomic mass is 32.1. The highest BCUT2D eigenvalue weighted by molar-refractivity contribution is 7.17. The van der Waals surface area contributed by atoms with Gasteiger partial charge in [0.1, 0.15) is 16.3 Å². The highest BCUT2D eigenvalue weighted by Crippen LogP contribution is 2.49. The molecule has 11 nitrogen and oxygen atoms in total. The molecule has 2 aliphatic rings. The third-order valence-corrected chi connectivity index (χ3v) is 6.50. The van der Waals surface area contributed by atoms with Crippen LogP contribution in [0, 0.1) is 0 Å². The molecule has 4 N–H and O–H groups in total. The van der Waals surface area contributed by atoms with Crippen molar-refractivity contribution in [2.75, 3.05) is 19.7 Å². The van der Waals surface area contributed by atoms with Gasteiger partial charge in [-0.2, -0.15) is 5.11 Å². The first kappa shape index (κ1) is 21.0. The van der Waals surface area contributed by atoms with Gasteiger partial charge in [0.15, 0.2) is 5.06 Å². The normalized spacial score (nSPS) is 15.3. The van der Waals surface area contributed by atoms with E-state index in [1.54, 1.807) is 12.2 Å². The van der Waals surface area contributed by atoms with E-state index in [4.69, 9.17) is 15.7 Å². The number of nitrogens with two attached hydrogens (primary N) is 1. The molecule has 1 aliphatic carbocycles. The van der Waals surface area contributed by atoms with Crippen LogP contribution in [0.3, 0.4) is 0 Å². The lowest BCUT2D eigenvalue weighted by Gasteiger charge is -2.17. The number of nitrogens with one attached hydrogen (secondary N) is 1. The topological polar surface area (TPSA) is 164 Å². The van der Waals surface area contributed by atoms with E-state index in [2.05, 4.69) is 30.3 Å². The van der Waals surface area contributed by atoms with Gasteiger partial charge >= 0.3 is 11.8 Å². The molecule has 0 radical (unpaired) electrons. The second-order valence-electron chi connectivity index (χ2n) is 6.44. The third-order valence-electron chi connectivity index (χ3n) is 4.54. The molecule has 0 unspecified atom stereocenters. The average molecular weight is 460 g/mol. The number of azo groups is 1. The number of amides is 2. The predicted molar refractivity (Wildman–Crippen MR) is 113 cm³/mol. The molecule has 2 aromatic heterocycles. The van der Waals surface area contributed by atoms with E-state index in [1.807, 2.05) is 6.20 Å². The summed E-state index contributed by atoms with van der Waals surface area (Å²) in [5.41, 5.74) is 3.07. The smallest absolute Gasteiger partial charge is 0.311 e. The number of hydrogen-bond donors (Lipinski definition) is 3. The number of thiophene rings is 1. The Morgan fingerprint density at radius 2 is 2.13 bits per heavy atom. The molecule has 0 fully saturated rings. The van der Waals surface area contributed by atoms with Crippen molar-refractivity contribution in [1.29, 1.82) is 0 Å². The molecule has 0 spiro atoms. The monoisotopic (exact) mass is 459 g/mol. The van der Waals surface area contributed by atoms with Crippen LogP contribution in [0.25, 0.3) is 10.4 Å². The molecule has 160 valence electrons. The van der Waals surface area contributed by atoms with E-state index in [0.29, 0.717) is 22.1 Å². The van der Waals surface area contributed by atoms with Crippen LogP contribution in [-0.2, 0) is 17.6 Å². The van der Waals surface area contributed by atoms with Gasteiger partial charge in [0.25, 0.3) is 0 Å². The Kier molecular flexibility index (Phi) is 6.25. The Balaban J connectivity index is 1.63. The van der Waals surface area contributed by atoms with E-state index in [1.165, 1.54) is 22.9 Å². The van der Waals surface area contributed by atoms with Crippen LogP contribution in [-0.4, -0.2) is 41.0 Å². The van der Waals surface area contributed by atoms with Crippen molar-refractivity contribution in [3.8, 4) is 15.5 Å². The van der Waals surface area contributed by atoms with E-state index in [-0.39, 0.29) is 25.4 Å². The van der Waals surface area contributed by atoms with Crippen LogP contribution in [0.1, 0.15) is 20.8 Å². The average Bonchev–Trinajstić information content (AvgIpc) is 3.39. The number of dihydropyridines is 1. The van der Waals surface area contributed by atoms with Crippen molar-refractivity contribution in [2.45, 2.75) is 12.8 Å². The van der Waals surface area contributed by atoms with Crippen LogP contribution < -0.4 is 15.9 Å². The number of rotatable bonds is 6. The van der Waals surface area contributed by atoms with Gasteiger partial charge in [-0.05, 0) is 47.7 Å². The van der Waals surface area contributed by atoms with E-state index < -0.39 is 11.8 Å². The Hall–Kier alpha value is -3.29. The van der Waals surface area contributed by atoms with Gasteiger partial charge in [-0.1, -0.05) is 21.7 Å². The second kappa shape index (κ2) is 9.24. The maximum Gasteiger partial charge on any atom is 0.311 e. The molecule has 31 heavy (non-hydrogen) atoms. The Labute approximate surface area is 184 Å². The molecule has 13 heteroatoms. The van der Waals surface area contributed by atoms with E-state index in [9.17, 15) is 9.59 Å². The summed E-state index contributed by atoms with van der Waals surface area (Å²) in [5.74, 6) is 4.57. The van der Waals surface area contributed by atoms with Crippen molar-refractivity contribution >= 4 is 34.7 Å². The summed E-state index contributed by atoms with van der Waals surface area (Å²) in [6, 6.07) is 0. The maximum absolute atomic E-state index is 12.4. The fourth-order valence-electron chi connectivity index (χ4n) is 3.18. The molecule has 1 aliphatic heterocycles. The number of aryl methyl sites for hydroxylation is 1. The van der Waals surface area contributed by atoms with Crippen molar-refractivity contribution in [3.63, 3.8) is 0 Å². The lowest BCUT2D eigenvalue weighted by Crippen LogP contribution is -2.26. The number of carbonyl (C=O) groups is 2. The number of allylic oxidation sites excluding steroid dienone is 2. The van der Waals surface area contributed by atoms with Gasteiger partial charge < -0.3 is 21.0 Å². The molecular formula is C18H17N7O4S2. The largest absolute Gasteiger partial charge is 0.448 e. The first-order chi connectivity index (χ1) is 15.1. The Morgan fingerprint density at radius 1 is 1.26 bits per heavy atom. The van der Waals surface area contributed by atoms with E-state index >= 15 is 0 Å². The number of nitrogens with zero attached hydrogens (tertiary/aromatic N) is 5. The maximum atomic E-state index is 12.4. The highest BCUT2D eigenvalue weighted by Gasteiger charge is 2.31. The Bertz CT molecular complexity index is 1150. The Morgan fingerprint density at radius 3 is 2.87 bits per heavy atom. The molecule has 0 aromatic carbocycles. The minimum Gasteiger partial charge on any atom is -0.448 e. The first-order valence-corrected chi connectivity index (χ1v) is 10.8. The number of hydrogen-bond acceptors (Lipinski definition) is 10. The number of carbonyl (C=O) groups excluding carboxylic acids is 2. The van der Waals surface area contributed by atoms with Gasteiger partial charge in [-0.3, -0.25) is 9.59 Å². The van der Waals surface area contributed by atoms with Crippen molar-refractivity contribution in [2.24, 2.45) is 26.4 Å². The van der Waals surface area contributed by atoms with Gasteiger partial charge in [0.05, 0.1) is 30.1 Å². The molecule has 4 rings (SSSR count). The van der Waals surface area contributed by atoms with Crippen LogP contribution in [0.2, 0.25) is 0 Å². The lowest BCUT2D eigenvalue weighted by atomic mass is 9.93. The summed E-state index contributed by atoms with van der Waals surface area (Å²) in [6.45, 7) is 0.142. The van der Waals surface area contributed by atoms with Crippen LogP contribution in [0.15, 0.2) is 50.4 Å². The molecule has 2 aromatic rings. The number of fused-ring (bicyclic) bond motifs is 3. The predicted octanol–water partition coefficient (Wildman–Crippen LogP) is 2.16. The summed E-state index contributed by atoms with van der Waals surface area (Å²) in [7, 11) is 0. The van der Waals surface area contributed by atoms with Crippen molar-refractivity contribution in [3.05, 3.63) is 45.8 Å². The van der Waals surface area contributed by atoms with Crippen molar-refractivity contribution in [1.82, 2.24) is 9.69 Å². The fraction of sp³-hybridized carbons (Fsp3) is 0.278. The van der Waals surface area contributed by atoms with E-state index in [0.717, 1.165) is 28.0 Å².